The van der Waals surface area contributed by atoms with Gasteiger partial charge in [0.1, 0.15) is 5.01 Å². The Morgan fingerprint density at radius 3 is 2.70 bits per heavy atom. The predicted molar refractivity (Wildman–Crippen MR) is 128 cm³/mol. The van der Waals surface area contributed by atoms with Crippen molar-refractivity contribution in [2.45, 2.75) is 10.6 Å². The number of carbonyl (C=O) groups excluding carboxylic acids is 1. The number of hydrogen-bond acceptors (Lipinski definition) is 7. The van der Waals surface area contributed by atoms with Crippen molar-refractivity contribution in [1.82, 2.24) is 9.97 Å². The third-order valence-corrected chi connectivity index (χ3v) is 9.30. The third-order valence-electron chi connectivity index (χ3n) is 4.75. The maximum absolute atomic E-state index is 12.8. The van der Waals surface area contributed by atoms with Gasteiger partial charge in [-0.05, 0) is 30.3 Å². The van der Waals surface area contributed by atoms with Gasteiger partial charge in [-0.15, -0.1) is 45.8 Å². The molecule has 0 radical (unpaired) electrons. The van der Waals surface area contributed by atoms with E-state index in [2.05, 4.69) is 28.5 Å². The highest BCUT2D eigenvalue weighted by Gasteiger charge is 2.22. The summed E-state index contributed by atoms with van der Waals surface area (Å²) in [6.45, 7) is 0. The van der Waals surface area contributed by atoms with Crippen LogP contribution in [0.2, 0.25) is 0 Å². The smallest absolute Gasteiger partial charge is 0.267 e. The van der Waals surface area contributed by atoms with Gasteiger partial charge in [0.15, 0.2) is 5.13 Å². The highest BCUT2D eigenvalue weighted by Crippen LogP contribution is 2.44. The quantitative estimate of drug-likeness (QED) is 0.313. The van der Waals surface area contributed by atoms with Gasteiger partial charge in [0.2, 0.25) is 0 Å². The maximum atomic E-state index is 12.8. The van der Waals surface area contributed by atoms with Crippen molar-refractivity contribution in [3.63, 3.8) is 0 Å². The number of thioether (sulfide) groups is 1. The first-order valence-electron chi connectivity index (χ1n) is 9.24. The Morgan fingerprint density at radius 2 is 1.77 bits per heavy atom. The summed E-state index contributed by atoms with van der Waals surface area (Å²) in [5, 5.41) is 4.58. The monoisotopic (exact) mass is 463 g/mol. The number of amides is 1. The first-order chi connectivity index (χ1) is 14.7. The van der Waals surface area contributed by atoms with Crippen LogP contribution in [-0.2, 0) is 5.75 Å². The lowest BCUT2D eigenvalue weighted by Gasteiger charge is -2.13. The molecule has 1 N–H and O–H groups in total. The van der Waals surface area contributed by atoms with Crippen LogP contribution in [0.4, 0.5) is 5.13 Å². The maximum Gasteiger partial charge on any atom is 0.267 e. The van der Waals surface area contributed by atoms with E-state index in [-0.39, 0.29) is 5.91 Å². The molecule has 2 aromatic carbocycles. The summed E-state index contributed by atoms with van der Waals surface area (Å²) in [6, 6.07) is 20.2. The van der Waals surface area contributed by atoms with Gasteiger partial charge in [-0.1, -0.05) is 30.3 Å². The molecule has 4 nitrogen and oxygen atoms in total. The molecule has 0 unspecified atom stereocenters. The Bertz CT molecular complexity index is 1380. The van der Waals surface area contributed by atoms with Gasteiger partial charge < -0.3 is 0 Å². The van der Waals surface area contributed by atoms with E-state index in [0.29, 0.717) is 10.0 Å². The standard InChI is InChI=1S/C22H13N3OS4/c26-20(16-9-10-17(28-16)21-23-13-6-2-4-8-15(13)29-21)25-22-24-19-12-5-1-3-7-14(12)27-11-18(19)30-22/h1-10H,11H2,(H,24,25,26). The zero-order chi connectivity index (χ0) is 20.1. The molecule has 3 aromatic heterocycles. The molecule has 5 aromatic rings. The van der Waals surface area contributed by atoms with Gasteiger partial charge in [0, 0.05) is 21.1 Å². The van der Waals surface area contributed by atoms with Crippen molar-refractivity contribution < 1.29 is 4.79 Å². The molecule has 1 amide bonds. The van der Waals surface area contributed by atoms with Crippen LogP contribution in [0.25, 0.3) is 31.4 Å². The number of para-hydroxylation sites is 1. The minimum absolute atomic E-state index is 0.126. The number of carbonyl (C=O) groups is 1. The lowest BCUT2D eigenvalue weighted by Crippen LogP contribution is -2.09. The van der Waals surface area contributed by atoms with Crippen LogP contribution in [0.15, 0.2) is 65.6 Å². The molecule has 4 heterocycles. The Labute approximate surface area is 188 Å². The highest BCUT2D eigenvalue weighted by molar-refractivity contribution is 7.98. The van der Waals surface area contributed by atoms with E-state index in [1.54, 1.807) is 22.7 Å². The summed E-state index contributed by atoms with van der Waals surface area (Å²) in [5.41, 5.74) is 3.13. The van der Waals surface area contributed by atoms with Crippen LogP contribution in [-0.4, -0.2) is 15.9 Å². The van der Waals surface area contributed by atoms with E-state index >= 15 is 0 Å². The number of hydrogen-bond donors (Lipinski definition) is 1. The predicted octanol–water partition coefficient (Wildman–Crippen LogP) is 7.01. The van der Waals surface area contributed by atoms with Gasteiger partial charge in [0.05, 0.1) is 25.7 Å². The van der Waals surface area contributed by atoms with Crippen molar-refractivity contribution in [2.75, 3.05) is 5.32 Å². The fourth-order valence-corrected chi connectivity index (χ4v) is 7.37. The SMILES string of the molecule is O=C(Nc1nc2c(s1)CSc1ccccc1-2)c1ccc(-c2nc3ccccc3s2)s1. The lowest BCUT2D eigenvalue weighted by molar-refractivity contribution is 0.103. The number of anilines is 1. The average molecular weight is 464 g/mol. The molecule has 0 saturated heterocycles. The van der Waals surface area contributed by atoms with Crippen LogP contribution in [0.3, 0.4) is 0 Å². The number of aromatic nitrogens is 2. The molecular formula is C22H13N3OS4. The fraction of sp³-hybridized carbons (Fsp3) is 0.0455. The Balaban J connectivity index is 1.25. The fourth-order valence-electron chi connectivity index (χ4n) is 3.36. The van der Waals surface area contributed by atoms with Gasteiger partial charge in [-0.2, -0.15) is 0 Å². The van der Waals surface area contributed by atoms with E-state index < -0.39 is 0 Å². The average Bonchev–Trinajstić information content (AvgIpc) is 3.50. The number of rotatable bonds is 3. The molecule has 30 heavy (non-hydrogen) atoms. The van der Waals surface area contributed by atoms with E-state index in [1.165, 1.54) is 21.1 Å². The summed E-state index contributed by atoms with van der Waals surface area (Å²) in [6.07, 6.45) is 0. The van der Waals surface area contributed by atoms with Gasteiger partial charge in [0.25, 0.3) is 5.91 Å². The van der Waals surface area contributed by atoms with E-state index in [0.717, 1.165) is 37.1 Å². The zero-order valence-electron chi connectivity index (χ0n) is 15.4. The first kappa shape index (κ1) is 18.3. The minimum Gasteiger partial charge on any atom is -0.297 e. The summed E-state index contributed by atoms with van der Waals surface area (Å²) in [7, 11) is 0. The van der Waals surface area contributed by atoms with E-state index in [4.69, 9.17) is 4.98 Å². The molecule has 1 aliphatic rings. The number of thiazole rings is 2. The van der Waals surface area contributed by atoms with E-state index in [1.807, 2.05) is 54.2 Å². The Kier molecular flexibility index (Phi) is 4.45. The molecule has 0 bridgehead atoms. The van der Waals surface area contributed by atoms with Crippen LogP contribution >= 0.6 is 45.8 Å². The minimum atomic E-state index is -0.126. The molecule has 0 aliphatic carbocycles. The van der Waals surface area contributed by atoms with Crippen molar-refractivity contribution in [2.24, 2.45) is 0 Å². The van der Waals surface area contributed by atoms with Crippen LogP contribution in [0.1, 0.15) is 14.5 Å². The van der Waals surface area contributed by atoms with Crippen molar-refractivity contribution in [3.05, 3.63) is 70.4 Å². The van der Waals surface area contributed by atoms with Crippen molar-refractivity contribution in [3.8, 4) is 21.1 Å². The molecule has 1 aliphatic heterocycles. The summed E-state index contributed by atoms with van der Waals surface area (Å²) < 4.78 is 1.15. The Hall–Kier alpha value is -2.52. The number of nitrogens with one attached hydrogen (secondary N) is 1. The molecule has 0 atom stereocenters. The second-order valence-electron chi connectivity index (χ2n) is 6.68. The molecule has 6 rings (SSSR count). The number of fused-ring (bicyclic) bond motifs is 4. The zero-order valence-corrected chi connectivity index (χ0v) is 18.7. The topological polar surface area (TPSA) is 54.9 Å². The molecule has 8 heteroatoms. The lowest BCUT2D eigenvalue weighted by atomic mass is 10.1. The van der Waals surface area contributed by atoms with Crippen molar-refractivity contribution in [1.29, 1.82) is 0 Å². The molecule has 146 valence electrons. The number of thiophene rings is 1. The number of benzene rings is 2. The van der Waals surface area contributed by atoms with E-state index in [9.17, 15) is 4.79 Å². The van der Waals surface area contributed by atoms with Gasteiger partial charge in [-0.3, -0.25) is 10.1 Å². The second kappa shape index (κ2) is 7.31. The van der Waals surface area contributed by atoms with Crippen molar-refractivity contribution >= 4 is 67.0 Å². The summed E-state index contributed by atoms with van der Waals surface area (Å²) in [4.78, 5) is 26.4. The highest BCUT2D eigenvalue weighted by atomic mass is 32.2. The molecule has 0 spiro atoms. The Morgan fingerprint density at radius 1 is 0.900 bits per heavy atom. The van der Waals surface area contributed by atoms with Crippen LogP contribution in [0, 0.1) is 0 Å². The second-order valence-corrected chi connectivity index (χ2v) is 10.9. The molecular weight excluding hydrogens is 451 g/mol. The van der Waals surface area contributed by atoms with Crippen LogP contribution in [0.5, 0.6) is 0 Å². The molecule has 0 fully saturated rings. The normalized spacial score (nSPS) is 12.5. The van der Waals surface area contributed by atoms with Gasteiger partial charge in [-0.25, -0.2) is 9.97 Å². The first-order valence-corrected chi connectivity index (χ1v) is 12.7. The third kappa shape index (κ3) is 3.16. The van der Waals surface area contributed by atoms with Gasteiger partial charge >= 0.3 is 0 Å². The summed E-state index contributed by atoms with van der Waals surface area (Å²) in [5.74, 6) is 0.764. The summed E-state index contributed by atoms with van der Waals surface area (Å²) >= 11 is 6.48. The van der Waals surface area contributed by atoms with Crippen LogP contribution < -0.4 is 5.32 Å². The largest absolute Gasteiger partial charge is 0.297 e. The number of nitrogens with zero attached hydrogens (tertiary/aromatic N) is 2. The molecule has 0 saturated carbocycles.